The van der Waals surface area contributed by atoms with Crippen molar-refractivity contribution in [3.63, 3.8) is 0 Å². The molecule has 0 aliphatic rings. The van der Waals surface area contributed by atoms with Gasteiger partial charge < -0.3 is 9.84 Å². The van der Waals surface area contributed by atoms with E-state index in [0.29, 0.717) is 11.4 Å². The second-order valence-corrected chi connectivity index (χ2v) is 4.02. The average molecular weight is 276 g/mol. The summed E-state index contributed by atoms with van der Waals surface area (Å²) < 4.78 is 5.89. The molecule has 0 aliphatic carbocycles. The van der Waals surface area contributed by atoms with E-state index in [-0.39, 0.29) is 17.1 Å². The van der Waals surface area contributed by atoms with Gasteiger partial charge in [0.1, 0.15) is 5.56 Å². The molecule has 0 fully saturated rings. The van der Waals surface area contributed by atoms with Crippen molar-refractivity contribution in [1.29, 1.82) is 0 Å². The Kier molecular flexibility index (Phi) is 3.47. The summed E-state index contributed by atoms with van der Waals surface area (Å²) in [4.78, 5) is 30.5. The van der Waals surface area contributed by atoms with Crippen molar-refractivity contribution in [3.8, 4) is 5.82 Å². The molecule has 0 aromatic carbocycles. The molecule has 0 unspecified atom stereocenters. The van der Waals surface area contributed by atoms with E-state index in [0.717, 1.165) is 0 Å². The Morgan fingerprint density at radius 1 is 1.30 bits per heavy atom. The summed E-state index contributed by atoms with van der Waals surface area (Å²) in [6.45, 7) is 3.19. The number of rotatable bonds is 3. The topological polar surface area (TPSA) is 107 Å². The van der Waals surface area contributed by atoms with E-state index in [1.807, 2.05) is 0 Å². The zero-order valence-electron chi connectivity index (χ0n) is 11.1. The second-order valence-electron chi connectivity index (χ2n) is 4.02. The summed E-state index contributed by atoms with van der Waals surface area (Å²) in [6.07, 6.45) is 2.65. The summed E-state index contributed by atoms with van der Waals surface area (Å²) in [5, 5.41) is 13.2. The molecule has 20 heavy (non-hydrogen) atoms. The zero-order valence-corrected chi connectivity index (χ0v) is 11.1. The first kappa shape index (κ1) is 13.7. The number of carboxylic acids is 1. The van der Waals surface area contributed by atoms with Crippen LogP contribution < -0.4 is 0 Å². The lowest BCUT2D eigenvalue weighted by Crippen LogP contribution is -2.10. The summed E-state index contributed by atoms with van der Waals surface area (Å²) in [5.74, 6) is -1.44. The molecule has 2 rings (SSSR count). The number of aryl methyl sites for hydroxylation is 1. The second kappa shape index (κ2) is 5.08. The van der Waals surface area contributed by atoms with Gasteiger partial charge in [-0.2, -0.15) is 5.10 Å². The Morgan fingerprint density at radius 2 is 2.00 bits per heavy atom. The van der Waals surface area contributed by atoms with Gasteiger partial charge in [0.25, 0.3) is 0 Å². The van der Waals surface area contributed by atoms with Crippen LogP contribution in [-0.4, -0.2) is 43.9 Å². The van der Waals surface area contributed by atoms with Crippen molar-refractivity contribution < 1.29 is 19.4 Å². The summed E-state index contributed by atoms with van der Waals surface area (Å²) >= 11 is 0. The van der Waals surface area contributed by atoms with Gasteiger partial charge in [0.2, 0.25) is 0 Å². The number of hydrogen-bond acceptors (Lipinski definition) is 6. The molecule has 0 saturated carbocycles. The van der Waals surface area contributed by atoms with Crippen LogP contribution in [0.1, 0.15) is 32.2 Å². The predicted molar refractivity (Wildman–Crippen MR) is 66.9 cm³/mol. The van der Waals surface area contributed by atoms with Crippen LogP contribution in [-0.2, 0) is 4.74 Å². The molecule has 2 heterocycles. The average Bonchev–Trinajstić information content (AvgIpc) is 2.73. The highest BCUT2D eigenvalue weighted by molar-refractivity contribution is 5.90. The maximum atomic E-state index is 11.4. The molecule has 0 saturated heterocycles. The van der Waals surface area contributed by atoms with E-state index in [1.54, 1.807) is 13.8 Å². The van der Waals surface area contributed by atoms with Crippen LogP contribution in [0, 0.1) is 13.8 Å². The quantitative estimate of drug-likeness (QED) is 0.824. The standard InChI is InChI=1S/C12H12N4O4/c1-6-10(11(17)18)7(2)16(15-6)9-5-13-4-8(14-9)12(19)20-3/h4-5H,1-3H3,(H,17,18). The number of nitrogens with zero attached hydrogens (tertiary/aromatic N) is 4. The molecule has 8 nitrogen and oxygen atoms in total. The van der Waals surface area contributed by atoms with Gasteiger partial charge in [-0.1, -0.05) is 0 Å². The largest absolute Gasteiger partial charge is 0.478 e. The molecule has 0 radical (unpaired) electrons. The molecule has 0 atom stereocenters. The molecule has 2 aromatic heterocycles. The van der Waals surface area contributed by atoms with Gasteiger partial charge >= 0.3 is 11.9 Å². The van der Waals surface area contributed by atoms with E-state index in [4.69, 9.17) is 5.11 Å². The van der Waals surface area contributed by atoms with E-state index < -0.39 is 11.9 Å². The molecule has 2 aromatic rings. The Labute approximate surface area is 114 Å². The van der Waals surface area contributed by atoms with Gasteiger partial charge in [0.05, 0.1) is 30.9 Å². The van der Waals surface area contributed by atoms with Crippen LogP contribution in [0.4, 0.5) is 0 Å². The summed E-state index contributed by atoms with van der Waals surface area (Å²) in [6, 6.07) is 0. The van der Waals surface area contributed by atoms with Crippen LogP contribution in [0.25, 0.3) is 5.82 Å². The Balaban J connectivity index is 2.55. The maximum absolute atomic E-state index is 11.4. The van der Waals surface area contributed by atoms with Crippen molar-refractivity contribution in [2.75, 3.05) is 7.11 Å². The van der Waals surface area contributed by atoms with Crippen molar-refractivity contribution in [2.45, 2.75) is 13.8 Å². The lowest BCUT2D eigenvalue weighted by atomic mass is 10.2. The molecular weight excluding hydrogens is 264 g/mol. The first-order valence-corrected chi connectivity index (χ1v) is 5.66. The van der Waals surface area contributed by atoms with Gasteiger partial charge in [-0.05, 0) is 13.8 Å². The summed E-state index contributed by atoms with van der Waals surface area (Å²) in [5.41, 5.74) is 0.899. The third kappa shape index (κ3) is 2.22. The van der Waals surface area contributed by atoms with Gasteiger partial charge in [-0.3, -0.25) is 4.98 Å². The van der Waals surface area contributed by atoms with Crippen molar-refractivity contribution in [3.05, 3.63) is 35.0 Å². The summed E-state index contributed by atoms with van der Waals surface area (Å²) in [7, 11) is 1.24. The molecule has 8 heteroatoms. The predicted octanol–water partition coefficient (Wildman–Crippen LogP) is 0.764. The number of methoxy groups -OCH3 is 1. The van der Waals surface area contributed by atoms with E-state index in [9.17, 15) is 9.59 Å². The van der Waals surface area contributed by atoms with Crippen LogP contribution in [0.3, 0.4) is 0 Å². The van der Waals surface area contributed by atoms with Crippen molar-refractivity contribution in [2.24, 2.45) is 0 Å². The normalized spacial score (nSPS) is 10.3. The first-order valence-electron chi connectivity index (χ1n) is 5.66. The molecule has 104 valence electrons. The molecule has 0 spiro atoms. The van der Waals surface area contributed by atoms with Gasteiger partial charge in [-0.25, -0.2) is 19.3 Å². The lowest BCUT2D eigenvalue weighted by molar-refractivity contribution is 0.0592. The van der Waals surface area contributed by atoms with Crippen LogP contribution in [0.5, 0.6) is 0 Å². The van der Waals surface area contributed by atoms with E-state index in [2.05, 4.69) is 19.8 Å². The number of hydrogen-bond donors (Lipinski definition) is 1. The molecule has 0 amide bonds. The van der Waals surface area contributed by atoms with Gasteiger partial charge in [0.15, 0.2) is 11.5 Å². The Bertz CT molecular complexity index is 693. The SMILES string of the molecule is COC(=O)c1cncc(-n2nc(C)c(C(=O)O)c2C)n1. The highest BCUT2D eigenvalue weighted by Crippen LogP contribution is 2.16. The molecule has 0 bridgehead atoms. The number of carbonyl (C=O) groups is 2. The third-order valence-corrected chi connectivity index (χ3v) is 2.74. The molecule has 1 N–H and O–H groups in total. The highest BCUT2D eigenvalue weighted by Gasteiger charge is 2.20. The maximum Gasteiger partial charge on any atom is 0.358 e. The highest BCUT2D eigenvalue weighted by atomic mass is 16.5. The van der Waals surface area contributed by atoms with Crippen molar-refractivity contribution in [1.82, 2.24) is 19.7 Å². The van der Waals surface area contributed by atoms with Gasteiger partial charge in [-0.15, -0.1) is 0 Å². The van der Waals surface area contributed by atoms with Gasteiger partial charge in [0, 0.05) is 0 Å². The number of aromatic nitrogens is 4. The van der Waals surface area contributed by atoms with Crippen LogP contribution in [0.15, 0.2) is 12.4 Å². The fourth-order valence-electron chi connectivity index (χ4n) is 1.84. The Hall–Kier alpha value is -2.77. The van der Waals surface area contributed by atoms with Crippen LogP contribution in [0.2, 0.25) is 0 Å². The zero-order chi connectivity index (χ0) is 14.9. The van der Waals surface area contributed by atoms with Crippen molar-refractivity contribution >= 4 is 11.9 Å². The number of ether oxygens (including phenoxy) is 1. The number of carboxylic acid groups (broad SMARTS) is 1. The molecule has 0 aliphatic heterocycles. The first-order chi connectivity index (χ1) is 9.45. The van der Waals surface area contributed by atoms with E-state index in [1.165, 1.54) is 24.2 Å². The minimum atomic E-state index is -1.07. The van der Waals surface area contributed by atoms with E-state index >= 15 is 0 Å². The lowest BCUT2D eigenvalue weighted by Gasteiger charge is -2.04. The van der Waals surface area contributed by atoms with Crippen LogP contribution >= 0.6 is 0 Å². The number of aromatic carboxylic acids is 1. The Morgan fingerprint density at radius 3 is 2.55 bits per heavy atom. The number of esters is 1. The smallest absolute Gasteiger partial charge is 0.358 e. The third-order valence-electron chi connectivity index (χ3n) is 2.74. The minimum Gasteiger partial charge on any atom is -0.478 e. The molecular formula is C12H12N4O4. The fraction of sp³-hybridized carbons (Fsp3) is 0.250. The fourth-order valence-corrected chi connectivity index (χ4v) is 1.84. The monoisotopic (exact) mass is 276 g/mol. The minimum absolute atomic E-state index is 0.0226. The number of carbonyl (C=O) groups excluding carboxylic acids is 1.